The maximum absolute atomic E-state index is 12.6. The van der Waals surface area contributed by atoms with Gasteiger partial charge in [-0.3, -0.25) is 10.1 Å². The molecule has 1 aliphatic heterocycles. The number of benzene rings is 1. The number of carbonyl (C=O) groups excluding carboxylic acids is 2. The van der Waals surface area contributed by atoms with Gasteiger partial charge in [-0.25, -0.2) is 9.78 Å². The van der Waals surface area contributed by atoms with Crippen LogP contribution in [0.2, 0.25) is 0 Å². The summed E-state index contributed by atoms with van der Waals surface area (Å²) in [6, 6.07) is 7.14. The number of hydrogen-bond acceptors (Lipinski definition) is 6. The molecule has 0 spiro atoms. The average Bonchev–Trinajstić information content (AvgIpc) is 3.10. The molecule has 0 radical (unpaired) electrons. The molecule has 0 atom stereocenters. The van der Waals surface area contributed by atoms with Crippen molar-refractivity contribution in [2.75, 3.05) is 25.1 Å². The molecule has 1 aromatic heterocycles. The van der Waals surface area contributed by atoms with E-state index in [2.05, 4.69) is 17.2 Å². The quantitative estimate of drug-likeness (QED) is 0.704. The van der Waals surface area contributed by atoms with Crippen LogP contribution in [0.4, 0.5) is 9.93 Å². The average molecular weight is 404 g/mol. The first kappa shape index (κ1) is 20.1. The fourth-order valence-electron chi connectivity index (χ4n) is 2.85. The molecule has 7 nitrogen and oxygen atoms in total. The lowest BCUT2D eigenvalue weighted by atomic mass is 10.2. The lowest BCUT2D eigenvalue weighted by molar-refractivity contribution is 0.102. The summed E-state index contributed by atoms with van der Waals surface area (Å²) in [5.41, 5.74) is 1.45. The zero-order chi connectivity index (χ0) is 19.9. The highest BCUT2D eigenvalue weighted by molar-refractivity contribution is 7.15. The summed E-state index contributed by atoms with van der Waals surface area (Å²) >= 11 is 1.39. The van der Waals surface area contributed by atoms with Gasteiger partial charge in [0.05, 0.1) is 25.5 Å². The maximum Gasteiger partial charge on any atom is 0.410 e. The van der Waals surface area contributed by atoms with Crippen LogP contribution in [0.15, 0.2) is 24.3 Å². The van der Waals surface area contributed by atoms with Crippen LogP contribution < -0.4 is 10.1 Å². The largest absolute Gasteiger partial charge is 0.494 e. The minimum atomic E-state index is -0.313. The van der Waals surface area contributed by atoms with Crippen LogP contribution in [-0.2, 0) is 17.7 Å². The summed E-state index contributed by atoms with van der Waals surface area (Å²) in [6.07, 6.45) is 2.38. The summed E-state index contributed by atoms with van der Waals surface area (Å²) < 4.78 is 10.7. The Balaban J connectivity index is 1.63. The summed E-state index contributed by atoms with van der Waals surface area (Å²) in [5, 5.41) is 3.40. The fraction of sp³-hybridized carbons (Fsp3) is 0.450. The van der Waals surface area contributed by atoms with Crippen molar-refractivity contribution in [2.24, 2.45) is 0 Å². The number of nitrogens with zero attached hydrogens (tertiary/aromatic N) is 2. The Labute approximate surface area is 168 Å². The van der Waals surface area contributed by atoms with Gasteiger partial charge in [0.15, 0.2) is 5.13 Å². The van der Waals surface area contributed by atoms with Gasteiger partial charge < -0.3 is 14.4 Å². The number of carbonyl (C=O) groups is 2. The number of thiazole rings is 1. The molecule has 2 amide bonds. The standard InChI is InChI=1S/C20H25N3O4S/c1-3-5-11-27-15-8-6-7-14(12-15)18(24)22-19-21-16-9-10-23(13-17(16)28-19)20(25)26-4-2/h6-8,12H,3-5,9-11,13H2,1-2H3,(H,21,22,24). The molecular weight excluding hydrogens is 378 g/mol. The topological polar surface area (TPSA) is 80.8 Å². The van der Waals surface area contributed by atoms with Crippen LogP contribution in [0.1, 0.15) is 47.6 Å². The molecule has 150 valence electrons. The fourth-order valence-corrected chi connectivity index (χ4v) is 3.87. The minimum absolute atomic E-state index is 0.228. The molecule has 1 aromatic carbocycles. The van der Waals surface area contributed by atoms with E-state index in [1.54, 1.807) is 30.0 Å². The third-order valence-electron chi connectivity index (χ3n) is 4.34. The number of nitrogens with one attached hydrogen (secondary N) is 1. The van der Waals surface area contributed by atoms with Crippen molar-refractivity contribution in [2.45, 2.75) is 39.7 Å². The highest BCUT2D eigenvalue weighted by Gasteiger charge is 2.25. The van der Waals surface area contributed by atoms with Gasteiger partial charge in [0.2, 0.25) is 0 Å². The molecule has 0 saturated heterocycles. The van der Waals surface area contributed by atoms with Gasteiger partial charge in [0, 0.05) is 23.4 Å². The number of amides is 2. The van der Waals surface area contributed by atoms with E-state index in [-0.39, 0.29) is 12.0 Å². The van der Waals surface area contributed by atoms with E-state index in [1.165, 1.54) is 11.3 Å². The number of anilines is 1. The first-order valence-corrected chi connectivity index (χ1v) is 10.4. The van der Waals surface area contributed by atoms with Crippen LogP contribution in [0, 0.1) is 0 Å². The predicted octanol–water partition coefficient (Wildman–Crippen LogP) is 4.09. The van der Waals surface area contributed by atoms with Crippen molar-refractivity contribution in [3.63, 3.8) is 0 Å². The molecule has 2 heterocycles. The van der Waals surface area contributed by atoms with Gasteiger partial charge in [-0.15, -0.1) is 0 Å². The zero-order valence-electron chi connectivity index (χ0n) is 16.2. The van der Waals surface area contributed by atoms with E-state index >= 15 is 0 Å². The Hall–Kier alpha value is -2.61. The Morgan fingerprint density at radius 1 is 1.32 bits per heavy atom. The van der Waals surface area contributed by atoms with Crippen LogP contribution in [0.25, 0.3) is 0 Å². The normalized spacial score (nSPS) is 13.0. The highest BCUT2D eigenvalue weighted by Crippen LogP contribution is 2.29. The number of unbranched alkanes of at least 4 members (excludes halogenated alkanes) is 1. The first-order chi connectivity index (χ1) is 13.6. The van der Waals surface area contributed by atoms with Gasteiger partial charge in [-0.2, -0.15) is 0 Å². The second-order valence-electron chi connectivity index (χ2n) is 6.44. The van der Waals surface area contributed by atoms with Gasteiger partial charge in [-0.05, 0) is 31.5 Å². The Morgan fingerprint density at radius 2 is 2.18 bits per heavy atom. The summed E-state index contributed by atoms with van der Waals surface area (Å²) in [6.45, 7) is 5.91. The molecular formula is C20H25N3O4S. The Morgan fingerprint density at radius 3 is 2.96 bits per heavy atom. The van der Waals surface area contributed by atoms with Crippen LogP contribution in [-0.4, -0.2) is 41.6 Å². The third kappa shape index (κ3) is 5.01. The highest BCUT2D eigenvalue weighted by atomic mass is 32.1. The molecule has 3 rings (SSSR count). The summed E-state index contributed by atoms with van der Waals surface area (Å²) in [5.74, 6) is 0.457. The lowest BCUT2D eigenvalue weighted by Crippen LogP contribution is -2.35. The van der Waals surface area contributed by atoms with E-state index in [0.29, 0.717) is 49.2 Å². The van der Waals surface area contributed by atoms with E-state index in [1.807, 2.05) is 6.07 Å². The van der Waals surface area contributed by atoms with E-state index < -0.39 is 0 Å². The summed E-state index contributed by atoms with van der Waals surface area (Å²) in [7, 11) is 0. The predicted molar refractivity (Wildman–Crippen MR) is 108 cm³/mol. The Kier molecular flexibility index (Phi) is 6.86. The molecule has 2 aromatic rings. The molecule has 28 heavy (non-hydrogen) atoms. The molecule has 8 heteroatoms. The van der Waals surface area contributed by atoms with Crippen LogP contribution >= 0.6 is 11.3 Å². The van der Waals surface area contributed by atoms with Crippen molar-refractivity contribution >= 4 is 28.5 Å². The minimum Gasteiger partial charge on any atom is -0.494 e. The molecule has 1 N–H and O–H groups in total. The van der Waals surface area contributed by atoms with E-state index in [9.17, 15) is 9.59 Å². The Bertz CT molecular complexity index is 837. The van der Waals surface area contributed by atoms with Crippen molar-refractivity contribution < 1.29 is 19.1 Å². The molecule has 0 unspecified atom stereocenters. The smallest absolute Gasteiger partial charge is 0.410 e. The molecule has 0 aliphatic carbocycles. The number of hydrogen-bond donors (Lipinski definition) is 1. The van der Waals surface area contributed by atoms with Crippen LogP contribution in [0.5, 0.6) is 5.75 Å². The van der Waals surface area contributed by atoms with Crippen LogP contribution in [0.3, 0.4) is 0 Å². The van der Waals surface area contributed by atoms with Crippen molar-refractivity contribution in [1.82, 2.24) is 9.88 Å². The summed E-state index contributed by atoms with van der Waals surface area (Å²) in [4.78, 5) is 31.6. The number of rotatable bonds is 7. The van der Waals surface area contributed by atoms with Crippen molar-refractivity contribution in [3.8, 4) is 5.75 Å². The van der Waals surface area contributed by atoms with Crippen molar-refractivity contribution in [1.29, 1.82) is 0 Å². The third-order valence-corrected chi connectivity index (χ3v) is 5.34. The second kappa shape index (κ2) is 9.54. The monoisotopic (exact) mass is 403 g/mol. The SMILES string of the molecule is CCCCOc1cccc(C(=O)Nc2nc3c(s2)CN(C(=O)OCC)CC3)c1. The van der Waals surface area contributed by atoms with Gasteiger partial charge >= 0.3 is 6.09 Å². The molecule has 0 fully saturated rings. The van der Waals surface area contributed by atoms with E-state index in [4.69, 9.17) is 9.47 Å². The second-order valence-corrected chi connectivity index (χ2v) is 7.53. The molecule has 0 saturated carbocycles. The molecule has 0 bridgehead atoms. The molecule has 1 aliphatic rings. The van der Waals surface area contributed by atoms with E-state index in [0.717, 1.165) is 23.4 Å². The van der Waals surface area contributed by atoms with Crippen molar-refractivity contribution in [3.05, 3.63) is 40.4 Å². The lowest BCUT2D eigenvalue weighted by Gasteiger charge is -2.24. The van der Waals surface area contributed by atoms with Gasteiger partial charge in [0.25, 0.3) is 5.91 Å². The zero-order valence-corrected chi connectivity index (χ0v) is 17.0. The van der Waals surface area contributed by atoms with Gasteiger partial charge in [-0.1, -0.05) is 30.7 Å². The number of ether oxygens (including phenoxy) is 2. The number of fused-ring (bicyclic) bond motifs is 1. The first-order valence-electron chi connectivity index (χ1n) is 9.55. The maximum atomic E-state index is 12.6. The van der Waals surface area contributed by atoms with Gasteiger partial charge in [0.1, 0.15) is 5.75 Å². The number of aromatic nitrogens is 1.